The van der Waals surface area contributed by atoms with Crippen molar-refractivity contribution < 1.29 is 13.9 Å². The third-order valence-corrected chi connectivity index (χ3v) is 3.54. The number of rotatable bonds is 5. The fraction of sp³-hybridized carbons (Fsp3) is 0.312. The van der Waals surface area contributed by atoms with E-state index in [-0.39, 0.29) is 24.1 Å². The first kappa shape index (κ1) is 15.2. The van der Waals surface area contributed by atoms with E-state index in [1.54, 1.807) is 0 Å². The molecule has 1 aromatic carbocycles. The molecule has 7 heteroatoms. The second-order valence-electron chi connectivity index (χ2n) is 5.40. The molecule has 0 unspecified atom stereocenters. The fourth-order valence-electron chi connectivity index (χ4n) is 2.22. The van der Waals surface area contributed by atoms with Gasteiger partial charge in [0.2, 0.25) is 5.91 Å². The minimum absolute atomic E-state index is 0.146. The summed E-state index contributed by atoms with van der Waals surface area (Å²) in [5, 5.41) is 7.00. The average molecular weight is 317 g/mol. The van der Waals surface area contributed by atoms with Gasteiger partial charge < -0.3 is 10.1 Å². The lowest BCUT2D eigenvalue weighted by Gasteiger charge is -2.10. The molecule has 3 rings (SSSR count). The van der Waals surface area contributed by atoms with E-state index in [0.29, 0.717) is 17.0 Å². The highest BCUT2D eigenvalue weighted by Gasteiger charge is 2.23. The molecule has 1 aliphatic rings. The Morgan fingerprint density at radius 3 is 2.87 bits per heavy atom. The number of halogens is 1. The van der Waals surface area contributed by atoms with Crippen LogP contribution >= 0.6 is 0 Å². The Kier molecular flexibility index (Phi) is 4.10. The topological polar surface area (TPSA) is 73.2 Å². The van der Waals surface area contributed by atoms with E-state index >= 15 is 0 Å². The summed E-state index contributed by atoms with van der Waals surface area (Å²) in [6.45, 7) is -0.146. The van der Waals surface area contributed by atoms with Crippen molar-refractivity contribution in [2.75, 3.05) is 7.11 Å². The molecule has 2 aromatic rings. The van der Waals surface area contributed by atoms with Crippen molar-refractivity contribution in [2.45, 2.75) is 25.4 Å². The number of benzene rings is 1. The fourth-order valence-corrected chi connectivity index (χ4v) is 2.22. The summed E-state index contributed by atoms with van der Waals surface area (Å²) in [6.07, 6.45) is 1.95. The summed E-state index contributed by atoms with van der Waals surface area (Å²) in [7, 11) is 1.43. The predicted molar refractivity (Wildman–Crippen MR) is 81.6 cm³/mol. The van der Waals surface area contributed by atoms with Crippen LogP contribution in [0.4, 0.5) is 4.39 Å². The van der Waals surface area contributed by atoms with Gasteiger partial charge in [-0.3, -0.25) is 9.59 Å². The van der Waals surface area contributed by atoms with Crippen molar-refractivity contribution in [1.29, 1.82) is 0 Å². The number of ether oxygens (including phenoxy) is 1. The molecule has 1 N–H and O–H groups in total. The third-order valence-electron chi connectivity index (χ3n) is 3.54. The number of methoxy groups -OCH3 is 1. The van der Waals surface area contributed by atoms with Gasteiger partial charge in [-0.1, -0.05) is 0 Å². The van der Waals surface area contributed by atoms with Crippen LogP contribution in [0.1, 0.15) is 12.8 Å². The van der Waals surface area contributed by atoms with Gasteiger partial charge in [0, 0.05) is 23.7 Å². The molecule has 1 aromatic heterocycles. The van der Waals surface area contributed by atoms with Crippen molar-refractivity contribution in [3.05, 3.63) is 46.5 Å². The maximum Gasteiger partial charge on any atom is 0.267 e. The Morgan fingerprint density at radius 1 is 1.39 bits per heavy atom. The first-order chi connectivity index (χ1) is 11.1. The average Bonchev–Trinajstić information content (AvgIpc) is 3.33. The number of amides is 1. The molecule has 0 spiro atoms. The van der Waals surface area contributed by atoms with Gasteiger partial charge in [-0.25, -0.2) is 9.07 Å². The maximum atomic E-state index is 13.3. The molecule has 1 amide bonds. The molecule has 1 aliphatic carbocycles. The number of carbonyl (C=O) groups excluding carboxylic acids is 1. The Bertz CT molecular complexity index is 799. The zero-order valence-corrected chi connectivity index (χ0v) is 12.6. The van der Waals surface area contributed by atoms with E-state index in [1.807, 2.05) is 0 Å². The molecular formula is C16H16FN3O3. The summed E-state index contributed by atoms with van der Waals surface area (Å²) in [5.74, 6) is -0.363. The van der Waals surface area contributed by atoms with Crippen LogP contribution in [-0.2, 0) is 11.3 Å². The van der Waals surface area contributed by atoms with Crippen molar-refractivity contribution in [2.24, 2.45) is 0 Å². The van der Waals surface area contributed by atoms with E-state index in [0.717, 1.165) is 17.5 Å². The van der Waals surface area contributed by atoms with Gasteiger partial charge in [-0.2, -0.15) is 5.10 Å². The second-order valence-corrected chi connectivity index (χ2v) is 5.40. The monoisotopic (exact) mass is 317 g/mol. The van der Waals surface area contributed by atoms with E-state index in [9.17, 15) is 14.0 Å². The lowest BCUT2D eigenvalue weighted by atomic mass is 10.1. The smallest absolute Gasteiger partial charge is 0.267 e. The van der Waals surface area contributed by atoms with E-state index in [4.69, 9.17) is 4.74 Å². The van der Waals surface area contributed by atoms with Gasteiger partial charge in [-0.15, -0.1) is 0 Å². The van der Waals surface area contributed by atoms with Crippen LogP contribution in [0.2, 0.25) is 0 Å². The molecule has 23 heavy (non-hydrogen) atoms. The minimum Gasteiger partial charge on any atom is -0.496 e. The van der Waals surface area contributed by atoms with Gasteiger partial charge in [0.25, 0.3) is 5.56 Å². The van der Waals surface area contributed by atoms with Crippen LogP contribution in [0, 0.1) is 5.82 Å². The van der Waals surface area contributed by atoms with Crippen molar-refractivity contribution in [3.8, 4) is 17.0 Å². The zero-order chi connectivity index (χ0) is 16.4. The maximum absolute atomic E-state index is 13.3. The molecule has 1 saturated carbocycles. The Morgan fingerprint density at radius 2 is 2.17 bits per heavy atom. The second kappa shape index (κ2) is 6.20. The third kappa shape index (κ3) is 3.56. The van der Waals surface area contributed by atoms with Crippen LogP contribution in [0.15, 0.2) is 35.1 Å². The quantitative estimate of drug-likeness (QED) is 0.903. The molecule has 0 radical (unpaired) electrons. The Labute approximate surface area is 131 Å². The number of carbonyl (C=O) groups is 1. The number of aromatic nitrogens is 2. The van der Waals surface area contributed by atoms with Crippen molar-refractivity contribution in [1.82, 2.24) is 15.1 Å². The largest absolute Gasteiger partial charge is 0.496 e. The van der Waals surface area contributed by atoms with E-state index in [1.165, 1.54) is 37.4 Å². The standard InChI is InChI=1S/C16H16FN3O3/c1-23-14-8-10(17)2-5-12(14)13-6-7-16(22)20(19-13)9-15(21)18-11-3-4-11/h2,5-8,11H,3-4,9H2,1H3,(H,18,21). The van der Waals surface area contributed by atoms with Gasteiger partial charge >= 0.3 is 0 Å². The molecule has 1 heterocycles. The van der Waals surface area contributed by atoms with Crippen LogP contribution in [-0.4, -0.2) is 28.8 Å². The van der Waals surface area contributed by atoms with Gasteiger partial charge in [-0.05, 0) is 31.0 Å². The normalized spacial score (nSPS) is 13.7. The summed E-state index contributed by atoms with van der Waals surface area (Å²) >= 11 is 0. The van der Waals surface area contributed by atoms with E-state index in [2.05, 4.69) is 10.4 Å². The van der Waals surface area contributed by atoms with Crippen molar-refractivity contribution in [3.63, 3.8) is 0 Å². The summed E-state index contributed by atoms with van der Waals surface area (Å²) < 4.78 is 19.5. The van der Waals surface area contributed by atoms with Gasteiger partial charge in [0.15, 0.2) is 0 Å². The van der Waals surface area contributed by atoms with Gasteiger partial charge in [0.05, 0.1) is 12.8 Å². The summed E-state index contributed by atoms with van der Waals surface area (Å²) in [6, 6.07) is 7.12. The minimum atomic E-state index is -0.428. The summed E-state index contributed by atoms with van der Waals surface area (Å²) in [5.41, 5.74) is 0.603. The zero-order valence-electron chi connectivity index (χ0n) is 12.6. The number of nitrogens with one attached hydrogen (secondary N) is 1. The first-order valence-corrected chi connectivity index (χ1v) is 7.28. The highest BCUT2D eigenvalue weighted by molar-refractivity contribution is 5.76. The highest BCUT2D eigenvalue weighted by Crippen LogP contribution is 2.28. The van der Waals surface area contributed by atoms with Gasteiger partial charge in [0.1, 0.15) is 18.1 Å². The molecular weight excluding hydrogens is 301 g/mol. The molecule has 0 aliphatic heterocycles. The predicted octanol–water partition coefficient (Wildman–Crippen LogP) is 1.34. The van der Waals surface area contributed by atoms with Crippen LogP contribution in [0.25, 0.3) is 11.3 Å². The first-order valence-electron chi connectivity index (χ1n) is 7.28. The lowest BCUT2D eigenvalue weighted by molar-refractivity contribution is -0.122. The van der Waals surface area contributed by atoms with E-state index < -0.39 is 5.82 Å². The van der Waals surface area contributed by atoms with Crippen LogP contribution < -0.4 is 15.6 Å². The highest BCUT2D eigenvalue weighted by atomic mass is 19.1. The molecule has 1 fully saturated rings. The van der Waals surface area contributed by atoms with Crippen LogP contribution in [0.3, 0.4) is 0 Å². The van der Waals surface area contributed by atoms with Crippen LogP contribution in [0.5, 0.6) is 5.75 Å². The van der Waals surface area contributed by atoms with Crippen molar-refractivity contribution >= 4 is 5.91 Å². The molecule has 0 bridgehead atoms. The molecule has 6 nitrogen and oxygen atoms in total. The molecule has 0 atom stereocenters. The Balaban J connectivity index is 1.90. The SMILES string of the molecule is COc1cc(F)ccc1-c1ccc(=O)n(CC(=O)NC2CC2)n1. The number of hydrogen-bond donors (Lipinski definition) is 1. The molecule has 0 saturated heterocycles. The Hall–Kier alpha value is -2.70. The lowest BCUT2D eigenvalue weighted by Crippen LogP contribution is -2.34. The molecule has 120 valence electrons. The summed E-state index contributed by atoms with van der Waals surface area (Å²) in [4.78, 5) is 23.7. The number of nitrogens with zero attached hydrogens (tertiary/aromatic N) is 2. The number of hydrogen-bond acceptors (Lipinski definition) is 4.